The van der Waals surface area contributed by atoms with Gasteiger partial charge in [-0.15, -0.1) is 0 Å². The molecule has 0 amide bonds. The van der Waals surface area contributed by atoms with Crippen LogP contribution in [0.5, 0.6) is 0 Å². The summed E-state index contributed by atoms with van der Waals surface area (Å²) < 4.78 is 0. The number of pyridine rings is 1. The SMILES string of the molecule is CCC1CCNC(CC(=O)c2ccncc2)C1. The molecule has 1 aromatic rings. The molecule has 1 aliphatic rings. The van der Waals surface area contributed by atoms with Gasteiger partial charge in [0.15, 0.2) is 5.78 Å². The van der Waals surface area contributed by atoms with Gasteiger partial charge in [0.25, 0.3) is 0 Å². The summed E-state index contributed by atoms with van der Waals surface area (Å²) in [5, 5.41) is 3.45. The van der Waals surface area contributed by atoms with E-state index in [0.717, 1.165) is 24.4 Å². The molecule has 0 aliphatic carbocycles. The molecule has 1 N–H and O–H groups in total. The van der Waals surface area contributed by atoms with Crippen molar-refractivity contribution in [3.05, 3.63) is 30.1 Å². The van der Waals surface area contributed by atoms with Crippen LogP contribution in [0.25, 0.3) is 0 Å². The fraction of sp³-hybridized carbons (Fsp3) is 0.571. The summed E-state index contributed by atoms with van der Waals surface area (Å²) in [5.41, 5.74) is 0.778. The van der Waals surface area contributed by atoms with E-state index in [2.05, 4.69) is 17.2 Å². The third kappa shape index (κ3) is 3.37. The van der Waals surface area contributed by atoms with Gasteiger partial charge >= 0.3 is 0 Å². The van der Waals surface area contributed by atoms with Gasteiger partial charge in [-0.2, -0.15) is 0 Å². The quantitative estimate of drug-likeness (QED) is 0.811. The Morgan fingerprint density at radius 3 is 2.94 bits per heavy atom. The molecular formula is C14H20N2O. The Hall–Kier alpha value is -1.22. The van der Waals surface area contributed by atoms with Gasteiger partial charge in [0.2, 0.25) is 0 Å². The van der Waals surface area contributed by atoms with E-state index in [1.54, 1.807) is 24.5 Å². The van der Waals surface area contributed by atoms with E-state index >= 15 is 0 Å². The van der Waals surface area contributed by atoms with Gasteiger partial charge in [0.1, 0.15) is 0 Å². The van der Waals surface area contributed by atoms with Crippen LogP contribution < -0.4 is 5.32 Å². The molecule has 2 unspecified atom stereocenters. The fourth-order valence-corrected chi connectivity index (χ4v) is 2.50. The summed E-state index contributed by atoms with van der Waals surface area (Å²) in [7, 11) is 0. The van der Waals surface area contributed by atoms with Crippen LogP contribution in [0.15, 0.2) is 24.5 Å². The molecule has 0 radical (unpaired) electrons. The Morgan fingerprint density at radius 2 is 2.24 bits per heavy atom. The lowest BCUT2D eigenvalue weighted by Gasteiger charge is -2.29. The van der Waals surface area contributed by atoms with Gasteiger partial charge in [-0.1, -0.05) is 13.3 Å². The average molecular weight is 232 g/mol. The highest BCUT2D eigenvalue weighted by Crippen LogP contribution is 2.21. The third-order valence-corrected chi connectivity index (χ3v) is 3.61. The van der Waals surface area contributed by atoms with E-state index in [9.17, 15) is 4.79 Å². The normalized spacial score (nSPS) is 24.5. The van der Waals surface area contributed by atoms with Crippen molar-refractivity contribution in [3.63, 3.8) is 0 Å². The average Bonchev–Trinajstić information content (AvgIpc) is 2.40. The first-order valence-corrected chi connectivity index (χ1v) is 6.46. The number of rotatable bonds is 4. The number of hydrogen-bond acceptors (Lipinski definition) is 3. The molecule has 3 nitrogen and oxygen atoms in total. The molecule has 0 aromatic carbocycles. The van der Waals surface area contributed by atoms with Gasteiger partial charge < -0.3 is 5.32 Å². The Labute approximate surface area is 103 Å². The van der Waals surface area contributed by atoms with Crippen molar-refractivity contribution in [1.82, 2.24) is 10.3 Å². The van der Waals surface area contributed by atoms with Gasteiger partial charge in [-0.25, -0.2) is 0 Å². The summed E-state index contributed by atoms with van der Waals surface area (Å²) in [5.74, 6) is 1.01. The lowest BCUT2D eigenvalue weighted by atomic mass is 9.87. The van der Waals surface area contributed by atoms with Crippen molar-refractivity contribution in [2.45, 2.75) is 38.6 Å². The zero-order chi connectivity index (χ0) is 12.1. The van der Waals surface area contributed by atoms with Crippen molar-refractivity contribution in [1.29, 1.82) is 0 Å². The maximum absolute atomic E-state index is 12.0. The predicted octanol–water partition coefficient (Wildman–Crippen LogP) is 2.43. The largest absolute Gasteiger partial charge is 0.314 e. The highest BCUT2D eigenvalue weighted by molar-refractivity contribution is 5.96. The van der Waals surface area contributed by atoms with Crippen LogP contribution in [0, 0.1) is 5.92 Å². The van der Waals surface area contributed by atoms with Crippen molar-refractivity contribution in [2.75, 3.05) is 6.54 Å². The van der Waals surface area contributed by atoms with Crippen LogP contribution in [0.3, 0.4) is 0 Å². The minimum absolute atomic E-state index is 0.224. The Bertz CT molecular complexity index is 364. The van der Waals surface area contributed by atoms with Gasteiger partial charge in [-0.3, -0.25) is 9.78 Å². The fourth-order valence-electron chi connectivity index (χ4n) is 2.50. The standard InChI is InChI=1S/C14H20N2O/c1-2-11-3-8-16-13(9-11)10-14(17)12-4-6-15-7-5-12/h4-7,11,13,16H,2-3,8-10H2,1H3. The molecule has 17 heavy (non-hydrogen) atoms. The molecule has 3 heteroatoms. The summed E-state index contributed by atoms with van der Waals surface area (Å²) in [6.07, 6.45) is 7.57. The molecule has 2 heterocycles. The topological polar surface area (TPSA) is 42.0 Å². The molecule has 1 aliphatic heterocycles. The van der Waals surface area contributed by atoms with Crippen molar-refractivity contribution < 1.29 is 4.79 Å². The second kappa shape index (κ2) is 5.92. The second-order valence-electron chi connectivity index (χ2n) is 4.81. The van der Waals surface area contributed by atoms with Crippen molar-refractivity contribution >= 4 is 5.78 Å². The minimum atomic E-state index is 0.224. The smallest absolute Gasteiger partial charge is 0.164 e. The van der Waals surface area contributed by atoms with E-state index in [4.69, 9.17) is 0 Å². The molecule has 0 bridgehead atoms. The van der Waals surface area contributed by atoms with Crippen LogP contribution >= 0.6 is 0 Å². The van der Waals surface area contributed by atoms with Crippen molar-refractivity contribution in [2.24, 2.45) is 5.92 Å². The minimum Gasteiger partial charge on any atom is -0.314 e. The van der Waals surface area contributed by atoms with Crippen LogP contribution in [0.1, 0.15) is 43.0 Å². The van der Waals surface area contributed by atoms with Crippen molar-refractivity contribution in [3.8, 4) is 0 Å². The molecular weight excluding hydrogens is 212 g/mol. The number of carbonyl (C=O) groups excluding carboxylic acids is 1. The van der Waals surface area contributed by atoms with Gasteiger partial charge in [0.05, 0.1) is 0 Å². The second-order valence-corrected chi connectivity index (χ2v) is 4.81. The summed E-state index contributed by atoms with van der Waals surface area (Å²) in [6, 6.07) is 3.94. The molecule has 2 rings (SSSR count). The maximum atomic E-state index is 12.0. The lowest BCUT2D eigenvalue weighted by molar-refractivity contribution is 0.0957. The number of nitrogens with zero attached hydrogens (tertiary/aromatic N) is 1. The van der Waals surface area contributed by atoms with Crippen LogP contribution in [-0.2, 0) is 0 Å². The van der Waals surface area contributed by atoms with E-state index in [1.807, 2.05) is 0 Å². The molecule has 1 saturated heterocycles. The first-order valence-electron chi connectivity index (χ1n) is 6.46. The highest BCUT2D eigenvalue weighted by Gasteiger charge is 2.22. The first kappa shape index (κ1) is 12.2. The summed E-state index contributed by atoms with van der Waals surface area (Å²) >= 11 is 0. The molecule has 0 saturated carbocycles. The summed E-state index contributed by atoms with van der Waals surface area (Å²) in [6.45, 7) is 3.28. The van der Waals surface area contributed by atoms with Crippen LogP contribution in [0.2, 0.25) is 0 Å². The lowest BCUT2D eigenvalue weighted by Crippen LogP contribution is -2.39. The van der Waals surface area contributed by atoms with E-state index < -0.39 is 0 Å². The number of Topliss-reactive ketones (excluding diaryl/α,β-unsaturated/α-hetero) is 1. The number of ketones is 1. The van der Waals surface area contributed by atoms with Gasteiger partial charge in [-0.05, 0) is 37.4 Å². The van der Waals surface area contributed by atoms with Crippen LogP contribution in [0.4, 0.5) is 0 Å². The number of carbonyl (C=O) groups is 1. The summed E-state index contributed by atoms with van der Waals surface area (Å²) in [4.78, 5) is 16.0. The highest BCUT2D eigenvalue weighted by atomic mass is 16.1. The molecule has 2 atom stereocenters. The third-order valence-electron chi connectivity index (χ3n) is 3.61. The van der Waals surface area contributed by atoms with E-state index in [1.165, 1.54) is 12.8 Å². The number of aromatic nitrogens is 1. The molecule has 92 valence electrons. The molecule has 1 aromatic heterocycles. The number of piperidine rings is 1. The Balaban J connectivity index is 1.90. The van der Waals surface area contributed by atoms with E-state index in [0.29, 0.717) is 12.5 Å². The first-order chi connectivity index (χ1) is 8.29. The molecule has 0 spiro atoms. The van der Waals surface area contributed by atoms with Crippen LogP contribution in [-0.4, -0.2) is 23.4 Å². The predicted molar refractivity (Wildman–Crippen MR) is 68.0 cm³/mol. The number of nitrogens with one attached hydrogen (secondary N) is 1. The number of hydrogen-bond donors (Lipinski definition) is 1. The van der Waals surface area contributed by atoms with E-state index in [-0.39, 0.29) is 5.78 Å². The monoisotopic (exact) mass is 232 g/mol. The maximum Gasteiger partial charge on any atom is 0.164 e. The Kier molecular flexibility index (Phi) is 4.26. The van der Waals surface area contributed by atoms with Gasteiger partial charge in [0, 0.05) is 30.4 Å². The molecule has 1 fully saturated rings. The zero-order valence-electron chi connectivity index (χ0n) is 10.4. The zero-order valence-corrected chi connectivity index (χ0v) is 10.4. The Morgan fingerprint density at radius 1 is 1.47 bits per heavy atom.